The van der Waals surface area contributed by atoms with Crippen LogP contribution in [0.5, 0.6) is 0 Å². The van der Waals surface area contributed by atoms with Gasteiger partial charge in [-0.3, -0.25) is 4.79 Å². The van der Waals surface area contributed by atoms with Crippen molar-refractivity contribution < 1.29 is 14.3 Å². The molecule has 0 radical (unpaired) electrons. The van der Waals surface area contributed by atoms with Crippen LogP contribution in [0.3, 0.4) is 0 Å². The van der Waals surface area contributed by atoms with Gasteiger partial charge in [0.25, 0.3) is 0 Å². The number of amides is 2. The van der Waals surface area contributed by atoms with E-state index in [1.807, 2.05) is 60.8 Å². The summed E-state index contributed by atoms with van der Waals surface area (Å²) < 4.78 is 5.30. The summed E-state index contributed by atoms with van der Waals surface area (Å²) in [5.74, 6) is -0.208. The summed E-state index contributed by atoms with van der Waals surface area (Å²) in [6.07, 6.45) is 3.53. The second-order valence-electron chi connectivity index (χ2n) is 6.97. The van der Waals surface area contributed by atoms with Crippen LogP contribution >= 0.6 is 0 Å². The van der Waals surface area contributed by atoms with Crippen molar-refractivity contribution in [3.05, 3.63) is 71.9 Å². The van der Waals surface area contributed by atoms with Crippen LogP contribution in [0.25, 0.3) is 10.9 Å². The number of aromatic nitrogens is 1. The highest BCUT2D eigenvalue weighted by atomic mass is 16.5. The summed E-state index contributed by atoms with van der Waals surface area (Å²) >= 11 is 0. The van der Waals surface area contributed by atoms with E-state index in [9.17, 15) is 9.59 Å². The van der Waals surface area contributed by atoms with Crippen LogP contribution in [-0.4, -0.2) is 29.6 Å². The van der Waals surface area contributed by atoms with E-state index in [1.165, 1.54) is 0 Å². The summed E-state index contributed by atoms with van der Waals surface area (Å²) in [5, 5.41) is 6.67. The third-order valence-corrected chi connectivity index (χ3v) is 4.75. The number of para-hydroxylation sites is 1. The van der Waals surface area contributed by atoms with Crippen LogP contribution in [0.15, 0.2) is 60.8 Å². The Bertz CT molecular complexity index is 937. The standard InChI is InChI=1S/C23H27N3O3/c1-2-3-13-24-22(27)21(14-18-15-25-20-12-8-7-11-19(18)20)26-23(28)29-16-17-9-5-4-6-10-17/h4-12,15,21,25H,2-3,13-14,16H2,1H3,(H,24,27)(H,26,28)/t21-/m0/s1. The Morgan fingerprint density at radius 2 is 1.83 bits per heavy atom. The molecule has 1 aromatic heterocycles. The molecule has 0 unspecified atom stereocenters. The van der Waals surface area contributed by atoms with E-state index in [4.69, 9.17) is 4.74 Å². The van der Waals surface area contributed by atoms with Crippen LogP contribution in [0.1, 0.15) is 30.9 Å². The van der Waals surface area contributed by atoms with Gasteiger partial charge in [0.05, 0.1) is 0 Å². The number of alkyl carbamates (subject to hydrolysis) is 1. The number of carbonyl (C=O) groups is 2. The van der Waals surface area contributed by atoms with Gasteiger partial charge in [-0.1, -0.05) is 61.9 Å². The van der Waals surface area contributed by atoms with E-state index in [0.29, 0.717) is 13.0 Å². The molecule has 0 aliphatic rings. The molecule has 6 heteroatoms. The molecule has 0 saturated heterocycles. The van der Waals surface area contributed by atoms with Gasteiger partial charge in [-0.05, 0) is 23.6 Å². The summed E-state index contributed by atoms with van der Waals surface area (Å²) in [6, 6.07) is 16.6. The molecular weight excluding hydrogens is 366 g/mol. The fourth-order valence-electron chi connectivity index (χ4n) is 3.15. The van der Waals surface area contributed by atoms with Gasteiger partial charge in [-0.15, -0.1) is 0 Å². The van der Waals surface area contributed by atoms with Crippen LogP contribution in [0.4, 0.5) is 4.79 Å². The second kappa shape index (κ2) is 10.3. The lowest BCUT2D eigenvalue weighted by Crippen LogP contribution is -2.48. The minimum atomic E-state index is -0.714. The Morgan fingerprint density at radius 3 is 2.62 bits per heavy atom. The zero-order valence-electron chi connectivity index (χ0n) is 16.6. The molecule has 0 aliphatic heterocycles. The Morgan fingerprint density at radius 1 is 1.07 bits per heavy atom. The van der Waals surface area contributed by atoms with E-state index < -0.39 is 12.1 Å². The van der Waals surface area contributed by atoms with Crippen molar-refractivity contribution >= 4 is 22.9 Å². The van der Waals surface area contributed by atoms with Gasteiger partial charge in [0, 0.05) is 30.1 Å². The van der Waals surface area contributed by atoms with E-state index in [-0.39, 0.29) is 12.5 Å². The quantitative estimate of drug-likeness (QED) is 0.482. The number of benzene rings is 2. The molecule has 0 aliphatic carbocycles. The highest BCUT2D eigenvalue weighted by molar-refractivity contribution is 5.88. The molecule has 6 nitrogen and oxygen atoms in total. The number of unbranched alkanes of at least 4 members (excludes halogenated alkanes) is 1. The van der Waals surface area contributed by atoms with Gasteiger partial charge in [0.2, 0.25) is 5.91 Å². The molecule has 1 heterocycles. The molecule has 2 aromatic carbocycles. The first-order chi connectivity index (χ1) is 14.2. The Balaban J connectivity index is 1.66. The lowest BCUT2D eigenvalue weighted by molar-refractivity contribution is -0.123. The molecular formula is C23H27N3O3. The third kappa shape index (κ3) is 5.85. The SMILES string of the molecule is CCCCNC(=O)[C@H](Cc1c[nH]c2ccccc12)NC(=O)OCc1ccccc1. The second-order valence-corrected chi connectivity index (χ2v) is 6.97. The summed E-state index contributed by atoms with van der Waals surface area (Å²) in [4.78, 5) is 28.2. The number of hydrogen-bond acceptors (Lipinski definition) is 3. The highest BCUT2D eigenvalue weighted by Gasteiger charge is 2.23. The van der Waals surface area contributed by atoms with Gasteiger partial charge < -0.3 is 20.4 Å². The minimum Gasteiger partial charge on any atom is -0.445 e. The monoisotopic (exact) mass is 393 g/mol. The van der Waals surface area contributed by atoms with Crippen LogP contribution in [0.2, 0.25) is 0 Å². The molecule has 152 valence electrons. The van der Waals surface area contributed by atoms with Crippen molar-refractivity contribution in [1.82, 2.24) is 15.6 Å². The van der Waals surface area contributed by atoms with Crippen molar-refractivity contribution in [3.8, 4) is 0 Å². The summed E-state index contributed by atoms with van der Waals surface area (Å²) in [7, 11) is 0. The van der Waals surface area contributed by atoms with Crippen molar-refractivity contribution in [2.24, 2.45) is 0 Å². The maximum atomic E-state index is 12.7. The molecule has 0 saturated carbocycles. The predicted octanol–water partition coefficient (Wildman–Crippen LogP) is 3.92. The zero-order chi connectivity index (χ0) is 20.5. The van der Waals surface area contributed by atoms with Gasteiger partial charge in [-0.25, -0.2) is 4.79 Å². The number of hydrogen-bond donors (Lipinski definition) is 3. The fourth-order valence-corrected chi connectivity index (χ4v) is 3.15. The molecule has 2 amide bonds. The molecule has 0 fully saturated rings. The van der Waals surface area contributed by atoms with Gasteiger partial charge >= 0.3 is 6.09 Å². The molecule has 3 aromatic rings. The number of nitrogens with one attached hydrogen (secondary N) is 3. The first-order valence-corrected chi connectivity index (χ1v) is 9.97. The third-order valence-electron chi connectivity index (χ3n) is 4.75. The van der Waals surface area contributed by atoms with Crippen LogP contribution < -0.4 is 10.6 Å². The van der Waals surface area contributed by atoms with Gasteiger partial charge in [0.15, 0.2) is 0 Å². The average Bonchev–Trinajstić information content (AvgIpc) is 3.15. The van der Waals surface area contributed by atoms with Crippen LogP contribution in [-0.2, 0) is 22.6 Å². The van der Waals surface area contributed by atoms with Crippen LogP contribution in [0, 0.1) is 0 Å². The zero-order valence-corrected chi connectivity index (χ0v) is 16.6. The lowest BCUT2D eigenvalue weighted by atomic mass is 10.0. The van der Waals surface area contributed by atoms with Crippen molar-refractivity contribution in [1.29, 1.82) is 0 Å². The largest absolute Gasteiger partial charge is 0.445 e. The maximum absolute atomic E-state index is 12.7. The Hall–Kier alpha value is -3.28. The number of aromatic amines is 1. The van der Waals surface area contributed by atoms with E-state index in [1.54, 1.807) is 0 Å². The molecule has 1 atom stereocenters. The minimum absolute atomic E-state index is 0.157. The fraction of sp³-hybridized carbons (Fsp3) is 0.304. The molecule has 29 heavy (non-hydrogen) atoms. The number of ether oxygens (including phenoxy) is 1. The summed E-state index contributed by atoms with van der Waals surface area (Å²) in [5.41, 5.74) is 2.86. The molecule has 0 bridgehead atoms. The number of fused-ring (bicyclic) bond motifs is 1. The predicted molar refractivity (Wildman–Crippen MR) is 113 cm³/mol. The first-order valence-electron chi connectivity index (χ1n) is 9.97. The summed E-state index contributed by atoms with van der Waals surface area (Å²) in [6.45, 7) is 2.80. The van der Waals surface area contributed by atoms with Gasteiger partial charge in [0.1, 0.15) is 12.6 Å². The Kier molecular flexibility index (Phi) is 7.28. The molecule has 0 spiro atoms. The van der Waals surface area contributed by atoms with Gasteiger partial charge in [-0.2, -0.15) is 0 Å². The van der Waals surface area contributed by atoms with Crippen molar-refractivity contribution in [3.63, 3.8) is 0 Å². The number of H-pyrrole nitrogens is 1. The van der Waals surface area contributed by atoms with E-state index >= 15 is 0 Å². The molecule has 3 rings (SSSR count). The highest BCUT2D eigenvalue weighted by Crippen LogP contribution is 2.19. The van der Waals surface area contributed by atoms with E-state index in [2.05, 4.69) is 22.5 Å². The van der Waals surface area contributed by atoms with Crippen molar-refractivity contribution in [2.45, 2.75) is 38.8 Å². The number of carbonyl (C=O) groups excluding carboxylic acids is 2. The Labute approximate surface area is 170 Å². The smallest absolute Gasteiger partial charge is 0.408 e. The topological polar surface area (TPSA) is 83.2 Å². The van der Waals surface area contributed by atoms with Crippen molar-refractivity contribution in [2.75, 3.05) is 6.54 Å². The molecule has 3 N–H and O–H groups in total. The lowest BCUT2D eigenvalue weighted by Gasteiger charge is -2.18. The maximum Gasteiger partial charge on any atom is 0.408 e. The normalized spacial score (nSPS) is 11.8. The first kappa shape index (κ1) is 20.5. The number of rotatable bonds is 9. The average molecular weight is 393 g/mol. The van der Waals surface area contributed by atoms with E-state index in [0.717, 1.165) is 34.9 Å².